The lowest BCUT2D eigenvalue weighted by molar-refractivity contribution is -0.127. The lowest BCUT2D eigenvalue weighted by Crippen LogP contribution is -2.51. The van der Waals surface area contributed by atoms with Crippen LogP contribution in [0.15, 0.2) is 59.5 Å². The molecule has 2 aliphatic heterocycles. The molecule has 2 aromatic carbocycles. The SMILES string of the molecule is O=C(NCCCN1CCCC1)[C@H]1CN(S(=O)(=O)c2ccccc2)c2ccccc2O1. The van der Waals surface area contributed by atoms with E-state index in [1.807, 2.05) is 0 Å². The number of para-hydroxylation sites is 2. The van der Waals surface area contributed by atoms with E-state index in [0.717, 1.165) is 26.1 Å². The Bertz CT molecular complexity index is 975. The number of amides is 1. The van der Waals surface area contributed by atoms with Crippen LogP contribution in [-0.4, -0.2) is 58.1 Å². The summed E-state index contributed by atoms with van der Waals surface area (Å²) in [5.41, 5.74) is 0.444. The molecule has 1 saturated heterocycles. The molecule has 0 saturated carbocycles. The van der Waals surface area contributed by atoms with Gasteiger partial charge in [0.25, 0.3) is 15.9 Å². The number of likely N-dealkylation sites (tertiary alicyclic amines) is 1. The predicted octanol–water partition coefficient (Wildman–Crippen LogP) is 2.25. The Labute approximate surface area is 177 Å². The second-order valence-corrected chi connectivity index (χ2v) is 9.48. The zero-order valence-corrected chi connectivity index (χ0v) is 17.7. The second-order valence-electron chi connectivity index (χ2n) is 7.62. The molecule has 30 heavy (non-hydrogen) atoms. The minimum absolute atomic E-state index is 0.0633. The molecule has 1 atom stereocenters. The third kappa shape index (κ3) is 4.44. The van der Waals surface area contributed by atoms with E-state index < -0.39 is 16.1 Å². The highest BCUT2D eigenvalue weighted by Crippen LogP contribution is 2.36. The number of carbonyl (C=O) groups is 1. The molecule has 0 unspecified atom stereocenters. The van der Waals surface area contributed by atoms with Gasteiger partial charge in [0.15, 0.2) is 6.10 Å². The highest BCUT2D eigenvalue weighted by Gasteiger charge is 2.37. The zero-order chi connectivity index (χ0) is 21.0. The Balaban J connectivity index is 1.46. The summed E-state index contributed by atoms with van der Waals surface area (Å²) < 4.78 is 33.6. The zero-order valence-electron chi connectivity index (χ0n) is 16.9. The number of fused-ring (bicyclic) bond motifs is 1. The molecule has 4 rings (SSSR count). The molecule has 2 aliphatic rings. The molecule has 2 heterocycles. The molecule has 0 aliphatic carbocycles. The maximum atomic E-state index is 13.3. The molecule has 7 nitrogen and oxygen atoms in total. The van der Waals surface area contributed by atoms with Crippen LogP contribution in [0.2, 0.25) is 0 Å². The normalized spacial score (nSPS) is 19.2. The van der Waals surface area contributed by atoms with Gasteiger partial charge in [-0.2, -0.15) is 0 Å². The number of ether oxygens (including phenoxy) is 1. The summed E-state index contributed by atoms with van der Waals surface area (Å²) in [5.74, 6) is 0.0969. The second kappa shape index (κ2) is 9.06. The molecular formula is C22H27N3O4S. The van der Waals surface area contributed by atoms with Crippen LogP contribution in [-0.2, 0) is 14.8 Å². The minimum Gasteiger partial charge on any atom is -0.476 e. The number of nitrogens with one attached hydrogen (secondary N) is 1. The molecule has 0 aromatic heterocycles. The van der Waals surface area contributed by atoms with Gasteiger partial charge in [-0.15, -0.1) is 0 Å². The first-order chi connectivity index (χ1) is 14.6. The van der Waals surface area contributed by atoms with Crippen molar-refractivity contribution in [2.24, 2.45) is 0 Å². The van der Waals surface area contributed by atoms with Crippen LogP contribution >= 0.6 is 0 Å². The van der Waals surface area contributed by atoms with Gasteiger partial charge in [-0.25, -0.2) is 8.42 Å². The summed E-state index contributed by atoms with van der Waals surface area (Å²) in [6.45, 7) is 3.70. The van der Waals surface area contributed by atoms with Crippen molar-refractivity contribution in [3.63, 3.8) is 0 Å². The van der Waals surface area contributed by atoms with E-state index >= 15 is 0 Å². The molecule has 1 fully saturated rings. The molecule has 1 N–H and O–H groups in total. The van der Waals surface area contributed by atoms with Crippen molar-refractivity contribution in [1.29, 1.82) is 0 Å². The Morgan fingerprint density at radius 3 is 2.50 bits per heavy atom. The molecule has 8 heteroatoms. The first kappa shape index (κ1) is 20.7. The first-order valence-corrected chi connectivity index (χ1v) is 11.8. The van der Waals surface area contributed by atoms with Gasteiger partial charge in [0.2, 0.25) is 0 Å². The van der Waals surface area contributed by atoms with Gasteiger partial charge < -0.3 is 15.0 Å². The van der Waals surface area contributed by atoms with Crippen molar-refractivity contribution in [1.82, 2.24) is 10.2 Å². The summed E-state index contributed by atoms with van der Waals surface area (Å²) in [6, 6.07) is 15.2. The fourth-order valence-corrected chi connectivity index (χ4v) is 5.42. The number of hydrogen-bond acceptors (Lipinski definition) is 5. The van der Waals surface area contributed by atoms with E-state index in [0.29, 0.717) is 18.0 Å². The van der Waals surface area contributed by atoms with E-state index in [1.54, 1.807) is 54.6 Å². The van der Waals surface area contributed by atoms with Crippen molar-refractivity contribution >= 4 is 21.6 Å². The van der Waals surface area contributed by atoms with Crippen LogP contribution in [0, 0.1) is 0 Å². The third-order valence-corrected chi connectivity index (χ3v) is 7.30. The van der Waals surface area contributed by atoms with Gasteiger partial charge in [0.05, 0.1) is 17.1 Å². The lowest BCUT2D eigenvalue weighted by atomic mass is 10.2. The van der Waals surface area contributed by atoms with Crippen LogP contribution < -0.4 is 14.4 Å². The van der Waals surface area contributed by atoms with Gasteiger partial charge in [-0.3, -0.25) is 9.10 Å². The molecule has 1 amide bonds. The van der Waals surface area contributed by atoms with Crippen molar-refractivity contribution in [2.75, 3.05) is 37.0 Å². The summed E-state index contributed by atoms with van der Waals surface area (Å²) in [6.07, 6.45) is 2.45. The molecule has 2 aromatic rings. The van der Waals surface area contributed by atoms with Crippen LogP contribution in [0.5, 0.6) is 5.75 Å². The van der Waals surface area contributed by atoms with Crippen LogP contribution in [0.1, 0.15) is 19.3 Å². The fourth-order valence-electron chi connectivity index (χ4n) is 3.92. The van der Waals surface area contributed by atoms with Crippen molar-refractivity contribution in [3.05, 3.63) is 54.6 Å². The topological polar surface area (TPSA) is 79.0 Å². The van der Waals surface area contributed by atoms with E-state index in [2.05, 4.69) is 10.2 Å². The van der Waals surface area contributed by atoms with E-state index in [1.165, 1.54) is 17.1 Å². The van der Waals surface area contributed by atoms with E-state index in [-0.39, 0.29) is 17.3 Å². The van der Waals surface area contributed by atoms with Gasteiger partial charge >= 0.3 is 0 Å². The van der Waals surface area contributed by atoms with Crippen molar-refractivity contribution < 1.29 is 17.9 Å². The number of carbonyl (C=O) groups excluding carboxylic acids is 1. The molecular weight excluding hydrogens is 402 g/mol. The van der Waals surface area contributed by atoms with E-state index in [4.69, 9.17) is 4.74 Å². The summed E-state index contributed by atoms with van der Waals surface area (Å²) in [7, 11) is -3.81. The summed E-state index contributed by atoms with van der Waals surface area (Å²) >= 11 is 0. The van der Waals surface area contributed by atoms with Gasteiger partial charge in [0, 0.05) is 6.54 Å². The molecule has 0 radical (unpaired) electrons. The summed E-state index contributed by atoms with van der Waals surface area (Å²) in [5, 5.41) is 2.91. The monoisotopic (exact) mass is 429 g/mol. The Hall–Kier alpha value is -2.58. The van der Waals surface area contributed by atoms with Gasteiger partial charge in [-0.05, 0) is 63.2 Å². The Morgan fingerprint density at radius 1 is 1.03 bits per heavy atom. The highest BCUT2D eigenvalue weighted by molar-refractivity contribution is 7.92. The fraction of sp³-hybridized carbons (Fsp3) is 0.409. The maximum Gasteiger partial charge on any atom is 0.264 e. The number of rotatable bonds is 7. The van der Waals surface area contributed by atoms with Gasteiger partial charge in [-0.1, -0.05) is 30.3 Å². The molecule has 0 bridgehead atoms. The van der Waals surface area contributed by atoms with E-state index in [9.17, 15) is 13.2 Å². The minimum atomic E-state index is -3.81. The maximum absolute atomic E-state index is 13.3. The largest absolute Gasteiger partial charge is 0.476 e. The Morgan fingerprint density at radius 2 is 1.73 bits per heavy atom. The lowest BCUT2D eigenvalue weighted by Gasteiger charge is -2.34. The standard InChI is InChI=1S/C22H27N3O4S/c26-22(23-13-8-16-24-14-6-7-15-24)21-17-25(19-11-4-5-12-20(19)29-21)30(27,28)18-9-2-1-3-10-18/h1-5,9-12,21H,6-8,13-17H2,(H,23,26)/t21-/m1/s1. The number of benzene rings is 2. The third-order valence-electron chi connectivity index (χ3n) is 5.51. The number of sulfonamides is 1. The van der Waals surface area contributed by atoms with Crippen LogP contribution in [0.25, 0.3) is 0 Å². The van der Waals surface area contributed by atoms with Crippen molar-refractivity contribution in [3.8, 4) is 5.75 Å². The number of anilines is 1. The highest BCUT2D eigenvalue weighted by atomic mass is 32.2. The Kier molecular flexibility index (Phi) is 6.24. The number of nitrogens with zero attached hydrogens (tertiary/aromatic N) is 2. The van der Waals surface area contributed by atoms with Gasteiger partial charge in [0.1, 0.15) is 5.75 Å². The average molecular weight is 430 g/mol. The van der Waals surface area contributed by atoms with Crippen molar-refractivity contribution in [2.45, 2.75) is 30.3 Å². The first-order valence-electron chi connectivity index (χ1n) is 10.4. The summed E-state index contributed by atoms with van der Waals surface area (Å²) in [4.78, 5) is 15.3. The van der Waals surface area contributed by atoms with Crippen LogP contribution in [0.3, 0.4) is 0 Å². The molecule has 0 spiro atoms. The van der Waals surface area contributed by atoms with Crippen LogP contribution in [0.4, 0.5) is 5.69 Å². The average Bonchev–Trinajstić information content (AvgIpc) is 3.30. The number of hydrogen-bond donors (Lipinski definition) is 1. The molecule has 160 valence electrons. The quantitative estimate of drug-likeness (QED) is 0.683. The predicted molar refractivity (Wildman–Crippen MR) is 115 cm³/mol. The smallest absolute Gasteiger partial charge is 0.264 e.